The second-order valence-corrected chi connectivity index (χ2v) is 7.72. The molecular formula is C14H20N2O4S. The van der Waals surface area contributed by atoms with Crippen LogP contribution in [-0.2, 0) is 21.2 Å². The molecule has 0 spiro atoms. The molecule has 1 amide bonds. The van der Waals surface area contributed by atoms with Gasteiger partial charge in [-0.1, -0.05) is 6.07 Å². The molecule has 1 aromatic rings. The highest BCUT2D eigenvalue weighted by molar-refractivity contribution is 7.91. The lowest BCUT2D eigenvalue weighted by Gasteiger charge is -2.11. The van der Waals surface area contributed by atoms with Crippen molar-refractivity contribution in [3.63, 3.8) is 0 Å². The lowest BCUT2D eigenvalue weighted by molar-refractivity contribution is -0.124. The molecule has 0 saturated carbocycles. The Labute approximate surface area is 124 Å². The van der Waals surface area contributed by atoms with Gasteiger partial charge < -0.3 is 10.1 Å². The third-order valence-electron chi connectivity index (χ3n) is 3.22. The highest BCUT2D eigenvalue weighted by atomic mass is 32.2. The monoisotopic (exact) mass is 312 g/mol. The molecule has 0 radical (unpaired) electrons. The Morgan fingerprint density at radius 2 is 2.24 bits per heavy atom. The number of pyridine rings is 1. The van der Waals surface area contributed by atoms with E-state index in [1.807, 2.05) is 19.9 Å². The molecule has 1 aliphatic heterocycles. The van der Waals surface area contributed by atoms with Crippen molar-refractivity contribution in [3.8, 4) is 5.88 Å². The molecule has 1 aliphatic rings. The zero-order valence-electron chi connectivity index (χ0n) is 12.2. The van der Waals surface area contributed by atoms with Crippen LogP contribution < -0.4 is 10.1 Å². The lowest BCUT2D eigenvalue weighted by atomic mass is 10.1. The van der Waals surface area contributed by atoms with E-state index in [9.17, 15) is 13.2 Å². The summed E-state index contributed by atoms with van der Waals surface area (Å²) in [7, 11) is -3.03. The van der Waals surface area contributed by atoms with Crippen LogP contribution in [0.3, 0.4) is 0 Å². The van der Waals surface area contributed by atoms with E-state index in [0.717, 1.165) is 5.56 Å². The number of carbonyl (C=O) groups is 1. The summed E-state index contributed by atoms with van der Waals surface area (Å²) in [6.45, 7) is 4.18. The molecule has 21 heavy (non-hydrogen) atoms. The van der Waals surface area contributed by atoms with E-state index in [2.05, 4.69) is 10.3 Å². The maximum absolute atomic E-state index is 11.9. The summed E-state index contributed by atoms with van der Waals surface area (Å²) in [5.41, 5.74) is 0.848. The van der Waals surface area contributed by atoms with Crippen molar-refractivity contribution in [2.75, 3.05) is 11.5 Å². The fraction of sp³-hybridized carbons (Fsp3) is 0.571. The van der Waals surface area contributed by atoms with Gasteiger partial charge in [0.1, 0.15) is 0 Å². The first kappa shape index (κ1) is 15.8. The molecule has 2 rings (SSSR count). The van der Waals surface area contributed by atoms with Crippen molar-refractivity contribution in [3.05, 3.63) is 23.9 Å². The molecule has 2 heterocycles. The minimum atomic E-state index is -3.03. The van der Waals surface area contributed by atoms with Crippen LogP contribution in [0.25, 0.3) is 0 Å². The number of carbonyl (C=O) groups excluding carboxylic acids is 1. The number of amides is 1. The summed E-state index contributed by atoms with van der Waals surface area (Å²) in [6, 6.07) is 3.58. The van der Waals surface area contributed by atoms with Gasteiger partial charge in [-0.3, -0.25) is 4.79 Å². The third-order valence-corrected chi connectivity index (χ3v) is 4.99. The predicted molar refractivity (Wildman–Crippen MR) is 78.6 cm³/mol. The molecule has 0 aliphatic carbocycles. The number of hydrogen-bond acceptors (Lipinski definition) is 5. The van der Waals surface area contributed by atoms with Gasteiger partial charge in [0.05, 0.1) is 23.5 Å². The van der Waals surface area contributed by atoms with Crippen molar-refractivity contribution >= 4 is 15.7 Å². The van der Waals surface area contributed by atoms with Crippen LogP contribution in [0, 0.1) is 5.92 Å². The van der Waals surface area contributed by atoms with Crippen molar-refractivity contribution < 1.29 is 17.9 Å². The average Bonchev–Trinajstić information content (AvgIpc) is 2.77. The molecule has 1 fully saturated rings. The van der Waals surface area contributed by atoms with Gasteiger partial charge >= 0.3 is 0 Å². The van der Waals surface area contributed by atoms with E-state index in [4.69, 9.17) is 4.74 Å². The highest BCUT2D eigenvalue weighted by Gasteiger charge is 2.32. The summed E-state index contributed by atoms with van der Waals surface area (Å²) in [4.78, 5) is 16.0. The lowest BCUT2D eigenvalue weighted by Crippen LogP contribution is -2.30. The SMILES string of the molecule is CC(C)Oc1ccc(CNC(=O)[C@H]2CCS(=O)(=O)C2)cn1. The molecule has 0 bridgehead atoms. The van der Waals surface area contributed by atoms with Crippen LogP contribution in [0.15, 0.2) is 18.3 Å². The maximum atomic E-state index is 11.9. The van der Waals surface area contributed by atoms with Crippen LogP contribution in [0.2, 0.25) is 0 Å². The largest absolute Gasteiger partial charge is 0.475 e. The molecule has 116 valence electrons. The number of ether oxygens (including phenoxy) is 1. The quantitative estimate of drug-likeness (QED) is 0.874. The summed E-state index contributed by atoms with van der Waals surface area (Å²) in [5.74, 6) is -0.0291. The van der Waals surface area contributed by atoms with E-state index in [1.54, 1.807) is 12.3 Å². The Morgan fingerprint density at radius 1 is 1.48 bits per heavy atom. The zero-order chi connectivity index (χ0) is 15.5. The standard InChI is InChI=1S/C14H20N2O4S/c1-10(2)20-13-4-3-11(7-15-13)8-16-14(17)12-5-6-21(18,19)9-12/h3-4,7,10,12H,5-6,8-9H2,1-2H3,(H,16,17)/t12-/m0/s1. The Bertz CT molecular complexity index is 596. The molecular weight excluding hydrogens is 292 g/mol. The Morgan fingerprint density at radius 3 is 2.76 bits per heavy atom. The molecule has 7 heteroatoms. The zero-order valence-corrected chi connectivity index (χ0v) is 13.0. The van der Waals surface area contributed by atoms with Crippen molar-refractivity contribution in [2.24, 2.45) is 5.92 Å². The summed E-state index contributed by atoms with van der Waals surface area (Å²) in [6.07, 6.45) is 2.11. The van der Waals surface area contributed by atoms with Crippen LogP contribution in [0.5, 0.6) is 5.88 Å². The number of rotatable bonds is 5. The Kier molecular flexibility index (Phi) is 4.82. The fourth-order valence-corrected chi connectivity index (χ4v) is 3.90. The molecule has 1 N–H and O–H groups in total. The van der Waals surface area contributed by atoms with Gasteiger partial charge in [0.15, 0.2) is 9.84 Å². The van der Waals surface area contributed by atoms with Gasteiger partial charge in [-0.25, -0.2) is 13.4 Å². The molecule has 0 unspecified atom stereocenters. The minimum Gasteiger partial charge on any atom is -0.475 e. The van der Waals surface area contributed by atoms with Gasteiger partial charge in [0.25, 0.3) is 0 Å². The number of aromatic nitrogens is 1. The van der Waals surface area contributed by atoms with Gasteiger partial charge in [0, 0.05) is 18.8 Å². The van der Waals surface area contributed by atoms with E-state index < -0.39 is 15.8 Å². The highest BCUT2D eigenvalue weighted by Crippen LogP contribution is 2.18. The van der Waals surface area contributed by atoms with E-state index in [0.29, 0.717) is 18.8 Å². The van der Waals surface area contributed by atoms with Crippen molar-refractivity contribution in [1.82, 2.24) is 10.3 Å². The van der Waals surface area contributed by atoms with Crippen LogP contribution in [0.1, 0.15) is 25.8 Å². The maximum Gasteiger partial charge on any atom is 0.224 e. The average molecular weight is 312 g/mol. The Balaban J connectivity index is 1.84. The van der Waals surface area contributed by atoms with Gasteiger partial charge in [-0.05, 0) is 25.8 Å². The number of sulfone groups is 1. The van der Waals surface area contributed by atoms with Crippen LogP contribution in [-0.4, -0.2) is 36.9 Å². The van der Waals surface area contributed by atoms with Crippen LogP contribution in [0.4, 0.5) is 0 Å². The number of hydrogen-bond donors (Lipinski definition) is 1. The second-order valence-electron chi connectivity index (χ2n) is 5.49. The molecule has 1 aromatic heterocycles. The topological polar surface area (TPSA) is 85.4 Å². The minimum absolute atomic E-state index is 0.0434. The summed E-state index contributed by atoms with van der Waals surface area (Å²) >= 11 is 0. The second kappa shape index (κ2) is 6.43. The van der Waals surface area contributed by atoms with Gasteiger partial charge in [0.2, 0.25) is 11.8 Å². The van der Waals surface area contributed by atoms with Gasteiger partial charge in [-0.2, -0.15) is 0 Å². The van der Waals surface area contributed by atoms with E-state index in [-0.39, 0.29) is 23.5 Å². The summed E-state index contributed by atoms with van der Waals surface area (Å²) in [5, 5.41) is 2.75. The normalized spacial score (nSPS) is 20.4. The first-order valence-electron chi connectivity index (χ1n) is 6.95. The van der Waals surface area contributed by atoms with Crippen molar-refractivity contribution in [1.29, 1.82) is 0 Å². The molecule has 0 aromatic carbocycles. The summed E-state index contributed by atoms with van der Waals surface area (Å²) < 4.78 is 28.1. The predicted octanol–water partition coefficient (Wildman–Crippen LogP) is 0.920. The number of nitrogens with one attached hydrogen (secondary N) is 1. The van der Waals surface area contributed by atoms with E-state index in [1.165, 1.54) is 0 Å². The Hall–Kier alpha value is -1.63. The van der Waals surface area contributed by atoms with E-state index >= 15 is 0 Å². The fourth-order valence-electron chi connectivity index (χ4n) is 2.16. The molecule has 1 atom stereocenters. The smallest absolute Gasteiger partial charge is 0.224 e. The molecule has 6 nitrogen and oxygen atoms in total. The first-order valence-corrected chi connectivity index (χ1v) is 8.77. The number of nitrogens with zero attached hydrogens (tertiary/aromatic N) is 1. The van der Waals surface area contributed by atoms with Crippen molar-refractivity contribution in [2.45, 2.75) is 32.9 Å². The van der Waals surface area contributed by atoms with Gasteiger partial charge in [-0.15, -0.1) is 0 Å². The van der Waals surface area contributed by atoms with Crippen LogP contribution >= 0.6 is 0 Å². The third kappa shape index (κ3) is 4.70. The molecule has 1 saturated heterocycles. The first-order chi connectivity index (χ1) is 9.85.